The van der Waals surface area contributed by atoms with Gasteiger partial charge in [0.15, 0.2) is 0 Å². The minimum atomic E-state index is -5.56. The van der Waals surface area contributed by atoms with E-state index in [1.54, 1.807) is 0 Å². The highest BCUT2D eigenvalue weighted by molar-refractivity contribution is 9.10. The second-order valence-corrected chi connectivity index (χ2v) is 4.45. The lowest BCUT2D eigenvalue weighted by atomic mass is 10.2. The molecule has 1 aromatic rings. The zero-order valence-electron chi connectivity index (χ0n) is 9.15. The average molecular weight is 352 g/mol. The van der Waals surface area contributed by atoms with Crippen LogP contribution in [-0.2, 0) is 6.54 Å². The topological polar surface area (TPSA) is 35.2 Å². The van der Waals surface area contributed by atoms with Crippen LogP contribution < -0.4 is 10.5 Å². The molecule has 0 saturated carbocycles. The van der Waals surface area contributed by atoms with Crippen molar-refractivity contribution in [2.24, 2.45) is 5.73 Å². The maximum atomic E-state index is 12.3. The Morgan fingerprint density at radius 1 is 1.11 bits per heavy atom. The van der Waals surface area contributed by atoms with E-state index < -0.39 is 24.2 Å². The quantitative estimate of drug-likeness (QED) is 0.841. The molecule has 0 unspecified atom stereocenters. The first-order valence-corrected chi connectivity index (χ1v) is 5.63. The van der Waals surface area contributed by atoms with E-state index in [0.29, 0.717) is 4.47 Å². The smallest absolute Gasteiger partial charge is 0.434 e. The number of hydrogen-bond acceptors (Lipinski definition) is 2. The number of alkyl halides is 6. The Kier molecular flexibility index (Phi) is 4.72. The lowest BCUT2D eigenvalue weighted by molar-refractivity contribution is -0.300. The summed E-state index contributed by atoms with van der Waals surface area (Å²) in [5, 5.41) is 0. The zero-order valence-corrected chi connectivity index (χ0v) is 10.7. The SMILES string of the molecule is NCc1cc(Br)ccc1OC(C(F)(F)F)C(F)(F)F. The fourth-order valence-corrected chi connectivity index (χ4v) is 1.68. The molecule has 0 heterocycles. The van der Waals surface area contributed by atoms with E-state index in [2.05, 4.69) is 20.7 Å². The van der Waals surface area contributed by atoms with Gasteiger partial charge in [0.2, 0.25) is 0 Å². The molecule has 0 spiro atoms. The van der Waals surface area contributed by atoms with Gasteiger partial charge in [-0.25, -0.2) is 0 Å². The lowest BCUT2D eigenvalue weighted by Gasteiger charge is -2.24. The van der Waals surface area contributed by atoms with Gasteiger partial charge in [0.05, 0.1) is 0 Å². The molecule has 0 fully saturated rings. The van der Waals surface area contributed by atoms with E-state index >= 15 is 0 Å². The van der Waals surface area contributed by atoms with Gasteiger partial charge in [-0.3, -0.25) is 0 Å². The molecular formula is C10H8BrF6NO. The summed E-state index contributed by atoms with van der Waals surface area (Å²) in [4.78, 5) is 0. The predicted molar refractivity (Wildman–Crippen MR) is 58.6 cm³/mol. The normalized spacial score (nSPS) is 12.9. The second-order valence-electron chi connectivity index (χ2n) is 3.54. The first-order valence-electron chi connectivity index (χ1n) is 4.84. The highest BCUT2D eigenvalue weighted by Gasteiger charge is 2.59. The first-order chi connectivity index (χ1) is 8.55. The number of halogens is 7. The third kappa shape index (κ3) is 4.27. The molecule has 1 aromatic carbocycles. The van der Waals surface area contributed by atoms with E-state index in [-0.39, 0.29) is 12.1 Å². The van der Waals surface area contributed by atoms with Crippen molar-refractivity contribution in [3.05, 3.63) is 28.2 Å². The van der Waals surface area contributed by atoms with Gasteiger partial charge in [0, 0.05) is 16.6 Å². The summed E-state index contributed by atoms with van der Waals surface area (Å²) in [6.45, 7) is -0.253. The van der Waals surface area contributed by atoms with Crippen molar-refractivity contribution >= 4 is 15.9 Å². The average Bonchev–Trinajstić information content (AvgIpc) is 2.23. The Hall–Kier alpha value is -0.960. The van der Waals surface area contributed by atoms with Gasteiger partial charge < -0.3 is 10.5 Å². The van der Waals surface area contributed by atoms with Crippen LogP contribution in [0, 0.1) is 0 Å². The number of hydrogen-bond donors (Lipinski definition) is 1. The molecule has 19 heavy (non-hydrogen) atoms. The minimum Gasteiger partial charge on any atom is -0.471 e. The molecule has 2 nitrogen and oxygen atoms in total. The van der Waals surface area contributed by atoms with E-state index in [4.69, 9.17) is 5.73 Å². The first kappa shape index (κ1) is 16.1. The monoisotopic (exact) mass is 351 g/mol. The summed E-state index contributed by atoms with van der Waals surface area (Å²) in [7, 11) is 0. The van der Waals surface area contributed by atoms with Crippen LogP contribution in [0.15, 0.2) is 22.7 Å². The summed E-state index contributed by atoms with van der Waals surface area (Å²) in [5.74, 6) is -0.551. The summed E-state index contributed by atoms with van der Waals surface area (Å²) >= 11 is 3.03. The van der Waals surface area contributed by atoms with Crippen LogP contribution in [0.3, 0.4) is 0 Å². The third-order valence-electron chi connectivity index (χ3n) is 2.08. The van der Waals surface area contributed by atoms with Gasteiger partial charge in [-0.2, -0.15) is 26.3 Å². The summed E-state index contributed by atoms with van der Waals surface area (Å²) in [6, 6.07) is 3.55. The standard InChI is InChI=1S/C10H8BrF6NO/c11-6-1-2-7(5(3-6)4-18)19-8(9(12,13)14)10(15,16)17/h1-3,8H,4,18H2. The molecule has 108 valence electrons. The molecule has 9 heteroatoms. The lowest BCUT2D eigenvalue weighted by Crippen LogP contribution is -2.46. The number of nitrogens with two attached hydrogens (primary N) is 1. The molecule has 0 aliphatic heterocycles. The molecule has 0 atom stereocenters. The fourth-order valence-electron chi connectivity index (χ4n) is 1.27. The second kappa shape index (κ2) is 5.58. The zero-order chi connectivity index (χ0) is 14.8. The molecule has 1 rings (SSSR count). The van der Waals surface area contributed by atoms with Gasteiger partial charge in [-0.15, -0.1) is 0 Å². The molecular weight excluding hydrogens is 344 g/mol. The van der Waals surface area contributed by atoms with Crippen molar-refractivity contribution in [1.82, 2.24) is 0 Å². The molecule has 0 aliphatic carbocycles. The van der Waals surface area contributed by atoms with Crippen molar-refractivity contribution in [2.75, 3.05) is 0 Å². The van der Waals surface area contributed by atoms with Crippen molar-refractivity contribution in [3.8, 4) is 5.75 Å². The Balaban J connectivity index is 3.11. The fraction of sp³-hybridized carbons (Fsp3) is 0.400. The summed E-state index contributed by atoms with van der Waals surface area (Å²) in [5.41, 5.74) is 5.29. The van der Waals surface area contributed by atoms with Crippen LogP contribution >= 0.6 is 15.9 Å². The van der Waals surface area contributed by atoms with Gasteiger partial charge in [0.1, 0.15) is 5.75 Å². The largest absolute Gasteiger partial charge is 0.471 e. The summed E-state index contributed by atoms with van der Waals surface area (Å²) < 4.78 is 78.5. The highest BCUT2D eigenvalue weighted by atomic mass is 79.9. The molecule has 0 aromatic heterocycles. The Bertz CT molecular complexity index is 431. The molecule has 0 saturated heterocycles. The highest BCUT2D eigenvalue weighted by Crippen LogP contribution is 2.37. The van der Waals surface area contributed by atoms with Crippen molar-refractivity contribution < 1.29 is 31.1 Å². The Morgan fingerprint density at radius 2 is 1.63 bits per heavy atom. The number of rotatable bonds is 3. The Morgan fingerprint density at radius 3 is 2.05 bits per heavy atom. The van der Waals surface area contributed by atoms with Gasteiger partial charge in [-0.05, 0) is 18.2 Å². The maximum Gasteiger partial charge on any atom is 0.434 e. The van der Waals surface area contributed by atoms with E-state index in [1.807, 2.05) is 0 Å². The van der Waals surface area contributed by atoms with Crippen LogP contribution in [-0.4, -0.2) is 18.5 Å². The van der Waals surface area contributed by atoms with Gasteiger partial charge in [-0.1, -0.05) is 15.9 Å². The van der Waals surface area contributed by atoms with Crippen molar-refractivity contribution in [1.29, 1.82) is 0 Å². The molecule has 2 N–H and O–H groups in total. The summed E-state index contributed by atoms with van der Waals surface area (Å²) in [6.07, 6.45) is -15.0. The maximum absolute atomic E-state index is 12.3. The molecule has 0 bridgehead atoms. The number of ether oxygens (including phenoxy) is 1. The predicted octanol–water partition coefficient (Wildman–Crippen LogP) is 3.78. The van der Waals surface area contributed by atoms with Gasteiger partial charge in [0.25, 0.3) is 6.10 Å². The molecule has 0 radical (unpaired) electrons. The van der Waals surface area contributed by atoms with Crippen molar-refractivity contribution in [2.45, 2.75) is 25.0 Å². The molecule has 0 amide bonds. The van der Waals surface area contributed by atoms with Crippen LogP contribution in [0.1, 0.15) is 5.56 Å². The van der Waals surface area contributed by atoms with Crippen LogP contribution in [0.2, 0.25) is 0 Å². The van der Waals surface area contributed by atoms with E-state index in [9.17, 15) is 26.3 Å². The van der Waals surface area contributed by atoms with Crippen LogP contribution in [0.25, 0.3) is 0 Å². The minimum absolute atomic E-state index is 0.0351. The van der Waals surface area contributed by atoms with E-state index in [0.717, 1.165) is 6.07 Å². The van der Waals surface area contributed by atoms with Crippen LogP contribution in [0.4, 0.5) is 26.3 Å². The van der Waals surface area contributed by atoms with E-state index in [1.165, 1.54) is 12.1 Å². The van der Waals surface area contributed by atoms with Gasteiger partial charge >= 0.3 is 12.4 Å². The third-order valence-corrected chi connectivity index (χ3v) is 2.58. The van der Waals surface area contributed by atoms with Crippen LogP contribution in [0.5, 0.6) is 5.75 Å². The Labute approximate surface area is 112 Å². The number of benzene rings is 1. The molecule has 0 aliphatic rings. The van der Waals surface area contributed by atoms with Crippen molar-refractivity contribution in [3.63, 3.8) is 0 Å².